The summed E-state index contributed by atoms with van der Waals surface area (Å²) < 4.78 is 0. The van der Waals surface area contributed by atoms with Gasteiger partial charge in [-0.1, -0.05) is 12.8 Å². The molecule has 176 valence electrons. The number of fused-ring (bicyclic) bond motifs is 1. The fourth-order valence-electron chi connectivity index (χ4n) is 4.28. The maximum Gasteiger partial charge on any atom is 0.269 e. The smallest absolute Gasteiger partial charge is 0.269 e. The predicted octanol–water partition coefficient (Wildman–Crippen LogP) is 5.06. The maximum absolute atomic E-state index is 12.6. The van der Waals surface area contributed by atoms with E-state index in [4.69, 9.17) is 0 Å². The highest BCUT2D eigenvalue weighted by atomic mass is 16.6. The number of imidazole rings is 1. The second kappa shape index (κ2) is 9.38. The molecule has 0 aliphatic heterocycles. The number of anilines is 1. The van der Waals surface area contributed by atoms with Crippen LogP contribution in [-0.4, -0.2) is 32.7 Å². The normalized spacial score (nSPS) is 13.6. The zero-order chi connectivity index (χ0) is 24.4. The number of nitrogens with one attached hydrogen (secondary N) is 3. The Morgan fingerprint density at radius 2 is 1.60 bits per heavy atom. The summed E-state index contributed by atoms with van der Waals surface area (Å²) in [6.45, 7) is 0. The first-order valence-electron chi connectivity index (χ1n) is 11.4. The topological polar surface area (TPSA) is 130 Å². The molecule has 3 N–H and O–H groups in total. The van der Waals surface area contributed by atoms with E-state index in [0.29, 0.717) is 22.6 Å². The van der Waals surface area contributed by atoms with Gasteiger partial charge in [0, 0.05) is 40.6 Å². The van der Waals surface area contributed by atoms with E-state index in [0.717, 1.165) is 42.3 Å². The van der Waals surface area contributed by atoms with Gasteiger partial charge in [-0.15, -0.1) is 0 Å². The third kappa shape index (κ3) is 4.89. The molecule has 1 aliphatic carbocycles. The van der Waals surface area contributed by atoms with E-state index in [1.54, 1.807) is 18.2 Å². The molecule has 2 amide bonds. The van der Waals surface area contributed by atoms with E-state index >= 15 is 0 Å². The van der Waals surface area contributed by atoms with Gasteiger partial charge < -0.3 is 15.6 Å². The van der Waals surface area contributed by atoms with Crippen molar-refractivity contribution in [3.8, 4) is 11.4 Å². The van der Waals surface area contributed by atoms with Gasteiger partial charge in [0.25, 0.3) is 17.5 Å². The zero-order valence-electron chi connectivity index (χ0n) is 18.8. The summed E-state index contributed by atoms with van der Waals surface area (Å²) in [7, 11) is 0. The number of nitro benzene ring substituents is 1. The van der Waals surface area contributed by atoms with Gasteiger partial charge in [0.15, 0.2) is 0 Å². The molecule has 0 saturated heterocycles. The van der Waals surface area contributed by atoms with Crippen molar-refractivity contribution < 1.29 is 14.5 Å². The molecule has 0 unspecified atom stereocenters. The summed E-state index contributed by atoms with van der Waals surface area (Å²) in [5.41, 5.74) is 3.79. The van der Waals surface area contributed by atoms with E-state index in [1.807, 2.05) is 24.3 Å². The van der Waals surface area contributed by atoms with Crippen LogP contribution in [0.15, 0.2) is 66.7 Å². The van der Waals surface area contributed by atoms with Crippen LogP contribution in [0.3, 0.4) is 0 Å². The highest BCUT2D eigenvalue weighted by molar-refractivity contribution is 6.04. The Morgan fingerprint density at radius 1 is 0.914 bits per heavy atom. The van der Waals surface area contributed by atoms with Gasteiger partial charge in [-0.2, -0.15) is 0 Å². The van der Waals surface area contributed by atoms with Gasteiger partial charge in [-0.3, -0.25) is 19.7 Å². The molecule has 9 heteroatoms. The van der Waals surface area contributed by atoms with Crippen LogP contribution in [0.5, 0.6) is 0 Å². The lowest BCUT2D eigenvalue weighted by Crippen LogP contribution is -2.32. The first kappa shape index (κ1) is 22.3. The summed E-state index contributed by atoms with van der Waals surface area (Å²) in [4.78, 5) is 43.2. The molecule has 0 atom stereocenters. The Bertz CT molecular complexity index is 1400. The van der Waals surface area contributed by atoms with Gasteiger partial charge in [-0.25, -0.2) is 4.98 Å². The number of carbonyl (C=O) groups excluding carboxylic acids is 2. The number of aromatic amines is 1. The number of aromatic nitrogens is 2. The van der Waals surface area contributed by atoms with Crippen LogP contribution in [0.4, 0.5) is 11.4 Å². The van der Waals surface area contributed by atoms with Crippen LogP contribution in [-0.2, 0) is 0 Å². The molecule has 1 heterocycles. The molecule has 4 aromatic rings. The molecule has 1 saturated carbocycles. The van der Waals surface area contributed by atoms with E-state index in [2.05, 4.69) is 20.6 Å². The number of nitrogens with zero attached hydrogens (tertiary/aromatic N) is 2. The predicted molar refractivity (Wildman–Crippen MR) is 132 cm³/mol. The number of hydrogen-bond donors (Lipinski definition) is 3. The van der Waals surface area contributed by atoms with Crippen LogP contribution < -0.4 is 10.6 Å². The number of non-ortho nitro benzene ring substituents is 1. The van der Waals surface area contributed by atoms with E-state index in [-0.39, 0.29) is 23.5 Å². The molecule has 35 heavy (non-hydrogen) atoms. The quantitative estimate of drug-likeness (QED) is 0.268. The molecular formula is C26H23N5O4. The summed E-state index contributed by atoms with van der Waals surface area (Å²) in [5, 5.41) is 16.6. The highest BCUT2D eigenvalue weighted by Gasteiger charge is 2.18. The molecule has 0 bridgehead atoms. The van der Waals surface area contributed by atoms with Gasteiger partial charge in [0.05, 0.1) is 16.0 Å². The third-order valence-corrected chi connectivity index (χ3v) is 6.19. The number of H-pyrrole nitrogens is 1. The first-order chi connectivity index (χ1) is 17.0. The van der Waals surface area contributed by atoms with Crippen molar-refractivity contribution >= 4 is 34.2 Å². The van der Waals surface area contributed by atoms with Crippen molar-refractivity contribution in [2.75, 3.05) is 5.32 Å². The van der Waals surface area contributed by atoms with Crippen LogP contribution in [0, 0.1) is 10.1 Å². The number of amides is 2. The minimum Gasteiger partial charge on any atom is -0.349 e. The summed E-state index contributed by atoms with van der Waals surface area (Å²) in [5.74, 6) is 0.226. The van der Waals surface area contributed by atoms with E-state index in [9.17, 15) is 19.7 Å². The van der Waals surface area contributed by atoms with Gasteiger partial charge in [0.1, 0.15) is 5.82 Å². The molecule has 0 spiro atoms. The minimum absolute atomic E-state index is 0.0666. The van der Waals surface area contributed by atoms with Gasteiger partial charge >= 0.3 is 0 Å². The maximum atomic E-state index is 12.6. The van der Waals surface area contributed by atoms with E-state index in [1.165, 1.54) is 24.3 Å². The average molecular weight is 470 g/mol. The largest absolute Gasteiger partial charge is 0.349 e. The Hall–Kier alpha value is -4.53. The number of carbonyl (C=O) groups is 2. The van der Waals surface area contributed by atoms with Crippen LogP contribution >= 0.6 is 0 Å². The van der Waals surface area contributed by atoms with Gasteiger partial charge in [0.2, 0.25) is 0 Å². The van der Waals surface area contributed by atoms with Crippen molar-refractivity contribution in [2.45, 2.75) is 31.7 Å². The van der Waals surface area contributed by atoms with Crippen molar-refractivity contribution in [3.05, 3.63) is 88.0 Å². The first-order valence-corrected chi connectivity index (χ1v) is 11.4. The Morgan fingerprint density at radius 3 is 2.29 bits per heavy atom. The van der Waals surface area contributed by atoms with E-state index < -0.39 is 4.92 Å². The third-order valence-electron chi connectivity index (χ3n) is 6.19. The second-order valence-corrected chi connectivity index (χ2v) is 8.61. The number of benzene rings is 3. The monoisotopic (exact) mass is 469 g/mol. The lowest BCUT2D eigenvalue weighted by atomic mass is 10.1. The number of nitro groups is 1. The van der Waals surface area contributed by atoms with Crippen LogP contribution in [0.2, 0.25) is 0 Å². The Kier molecular flexibility index (Phi) is 5.97. The molecule has 5 rings (SSSR count). The second-order valence-electron chi connectivity index (χ2n) is 8.61. The lowest BCUT2D eigenvalue weighted by Gasteiger charge is -2.11. The van der Waals surface area contributed by atoms with Crippen molar-refractivity contribution in [2.24, 2.45) is 0 Å². The summed E-state index contributed by atoms with van der Waals surface area (Å²) in [6.07, 6.45) is 4.39. The van der Waals surface area contributed by atoms with Crippen LogP contribution in [0.25, 0.3) is 22.4 Å². The summed E-state index contributed by atoms with van der Waals surface area (Å²) >= 11 is 0. The molecule has 3 aromatic carbocycles. The molecule has 1 aliphatic rings. The Balaban J connectivity index is 1.28. The minimum atomic E-state index is -0.509. The molecule has 9 nitrogen and oxygen atoms in total. The summed E-state index contributed by atoms with van der Waals surface area (Å²) in [6, 6.07) is 18.3. The fourth-order valence-corrected chi connectivity index (χ4v) is 4.28. The zero-order valence-corrected chi connectivity index (χ0v) is 18.8. The number of hydrogen-bond acceptors (Lipinski definition) is 5. The van der Waals surface area contributed by atoms with Crippen molar-refractivity contribution in [1.82, 2.24) is 15.3 Å². The molecule has 1 aromatic heterocycles. The molecular weight excluding hydrogens is 446 g/mol. The average Bonchev–Trinajstić information content (AvgIpc) is 3.54. The Labute approximate surface area is 200 Å². The lowest BCUT2D eigenvalue weighted by molar-refractivity contribution is -0.384. The van der Waals surface area contributed by atoms with Crippen LogP contribution in [0.1, 0.15) is 46.4 Å². The SMILES string of the molecule is O=C(Nc1ccc(-c2nc3ccc(C(=O)NC4CCCC4)cc3[nH]2)cc1)c1ccc([N+](=O)[O-])cc1. The van der Waals surface area contributed by atoms with Gasteiger partial charge in [-0.05, 0) is 67.4 Å². The standard InChI is InChI=1S/C26H23N5O4/c32-25(17-7-12-21(13-8-17)31(34)35)28-20-10-5-16(6-11-20)24-29-22-14-9-18(15-23(22)30-24)26(33)27-19-3-1-2-4-19/h5-15,19H,1-4H2,(H,27,33)(H,28,32)(H,29,30). The molecule has 0 radical (unpaired) electrons. The highest BCUT2D eigenvalue weighted by Crippen LogP contribution is 2.24. The fraction of sp³-hybridized carbons (Fsp3) is 0.192. The van der Waals surface area contributed by atoms with Crippen molar-refractivity contribution in [1.29, 1.82) is 0 Å². The number of rotatable bonds is 6. The molecule has 1 fully saturated rings. The van der Waals surface area contributed by atoms with Crippen molar-refractivity contribution in [3.63, 3.8) is 0 Å².